The van der Waals surface area contributed by atoms with E-state index in [2.05, 4.69) is 82.7 Å². The van der Waals surface area contributed by atoms with E-state index in [0.29, 0.717) is 36.6 Å². The largest absolute Gasteiger partial charge is 0.411 e. The van der Waals surface area contributed by atoms with E-state index in [4.69, 9.17) is 24.1 Å². The molecule has 2 aromatic rings. The van der Waals surface area contributed by atoms with Crippen LogP contribution in [0.15, 0.2) is 12.7 Å². The molecule has 3 atom stereocenters. The Balaban J connectivity index is 2.02. The molecule has 0 bridgehead atoms. The van der Waals surface area contributed by atoms with E-state index in [1.165, 1.54) is 6.33 Å². The van der Waals surface area contributed by atoms with E-state index in [0.717, 1.165) is 0 Å². The van der Waals surface area contributed by atoms with E-state index in [9.17, 15) is 0 Å². The Morgan fingerprint density at radius 3 is 2.26 bits per heavy atom. The van der Waals surface area contributed by atoms with Crippen molar-refractivity contribution in [3.05, 3.63) is 12.7 Å². The van der Waals surface area contributed by atoms with Gasteiger partial charge in [0.25, 0.3) is 0 Å². The first-order chi connectivity index (χ1) is 15.9. The Morgan fingerprint density at radius 2 is 1.69 bits per heavy atom. The molecule has 2 N–H and O–H groups in total. The Morgan fingerprint density at radius 1 is 1.06 bits per heavy atom. The molecule has 1 fully saturated rings. The second kappa shape index (κ2) is 9.49. The highest BCUT2D eigenvalue weighted by atomic mass is 28.4. The molecule has 2 aromatic heterocycles. The first kappa shape index (κ1) is 28.2. The first-order valence-electron chi connectivity index (χ1n) is 12.5. The zero-order chi connectivity index (χ0) is 26.4. The summed E-state index contributed by atoms with van der Waals surface area (Å²) in [5.41, 5.74) is 7.23. The number of anilines is 1. The molecule has 198 valence electrons. The summed E-state index contributed by atoms with van der Waals surface area (Å²) in [6, 6.07) is 0. The minimum Gasteiger partial charge on any atom is -0.411 e. The van der Waals surface area contributed by atoms with Crippen molar-refractivity contribution in [1.82, 2.24) is 19.5 Å². The van der Waals surface area contributed by atoms with Crippen molar-refractivity contribution in [3.63, 3.8) is 0 Å². The second-order valence-electron chi connectivity index (χ2n) is 12.6. The molecule has 3 rings (SSSR count). The van der Waals surface area contributed by atoms with Gasteiger partial charge in [-0.2, -0.15) is 0 Å². The second-order valence-corrected chi connectivity index (χ2v) is 22.2. The van der Waals surface area contributed by atoms with E-state index in [-0.39, 0.29) is 16.2 Å². The molecule has 0 aromatic carbocycles. The third-order valence-electron chi connectivity index (χ3n) is 7.95. The van der Waals surface area contributed by atoms with Crippen LogP contribution in [0, 0.1) is 0 Å². The summed E-state index contributed by atoms with van der Waals surface area (Å²) in [6.45, 7) is 25.2. The Kier molecular flexibility index (Phi) is 7.65. The van der Waals surface area contributed by atoms with Crippen LogP contribution in [0.2, 0.25) is 36.3 Å². The monoisotopic (exact) mass is 523 g/mol. The van der Waals surface area contributed by atoms with Gasteiger partial charge in [-0.15, -0.1) is 0 Å². The van der Waals surface area contributed by atoms with Gasteiger partial charge < -0.3 is 24.1 Å². The van der Waals surface area contributed by atoms with Crippen molar-refractivity contribution in [1.29, 1.82) is 0 Å². The summed E-state index contributed by atoms with van der Waals surface area (Å²) in [4.78, 5) is 13.0. The lowest BCUT2D eigenvalue weighted by atomic mass is 10.1. The third kappa shape index (κ3) is 5.64. The molecule has 1 saturated heterocycles. The molecular formula is C24H45N5O4Si2. The summed E-state index contributed by atoms with van der Waals surface area (Å²) in [7, 11) is -4.17. The molecule has 9 nitrogen and oxygen atoms in total. The zero-order valence-corrected chi connectivity index (χ0v) is 25.4. The van der Waals surface area contributed by atoms with E-state index in [1.807, 2.05) is 11.5 Å². The lowest BCUT2D eigenvalue weighted by Crippen LogP contribution is -2.48. The van der Waals surface area contributed by atoms with Gasteiger partial charge in [-0.1, -0.05) is 41.5 Å². The van der Waals surface area contributed by atoms with Crippen LogP contribution in [0.3, 0.4) is 0 Å². The average molecular weight is 524 g/mol. The molecule has 0 radical (unpaired) electrons. The Hall–Kier alpha value is -1.38. The predicted molar refractivity (Wildman–Crippen MR) is 144 cm³/mol. The number of nitrogens with zero attached hydrogens (tertiary/aromatic N) is 4. The van der Waals surface area contributed by atoms with Crippen LogP contribution in [0.5, 0.6) is 0 Å². The SMILES string of the molecule is CCO[C@]1(CO[Si](C)(C)C(C)(C)C)C[C@@H](O[Si](C)(C)C(C)(C)C)[C@H](n2cnc3c(N)ncnc32)O1. The summed E-state index contributed by atoms with van der Waals surface area (Å²) < 4.78 is 28.5. The number of rotatable bonds is 8. The standard InChI is InChI=1S/C24H45N5O4Si2/c1-12-30-24(14-31-34(8,9)22(2,3)4)13-17(33-35(10,11)23(5,6)7)21(32-24)29-16-28-18-19(25)26-15-27-20(18)29/h15-17,21H,12-14H2,1-11H3,(H2,25,26,27)/t17-,21-,24-/m1/s1. The molecule has 1 aliphatic heterocycles. The van der Waals surface area contributed by atoms with Gasteiger partial charge in [0.2, 0.25) is 0 Å². The van der Waals surface area contributed by atoms with Gasteiger partial charge >= 0.3 is 0 Å². The minimum absolute atomic E-state index is 0.0374. The molecule has 0 spiro atoms. The van der Waals surface area contributed by atoms with Gasteiger partial charge in [0.05, 0.1) is 19.0 Å². The summed E-state index contributed by atoms with van der Waals surface area (Å²) in [5.74, 6) is -0.595. The van der Waals surface area contributed by atoms with Gasteiger partial charge in [-0.3, -0.25) is 4.57 Å². The van der Waals surface area contributed by atoms with Crippen molar-refractivity contribution >= 4 is 33.6 Å². The van der Waals surface area contributed by atoms with Crippen LogP contribution in [0.25, 0.3) is 11.2 Å². The van der Waals surface area contributed by atoms with Crippen LogP contribution in [-0.4, -0.2) is 61.3 Å². The van der Waals surface area contributed by atoms with Crippen LogP contribution in [0.4, 0.5) is 5.82 Å². The van der Waals surface area contributed by atoms with Crippen LogP contribution in [-0.2, 0) is 18.3 Å². The summed E-state index contributed by atoms with van der Waals surface area (Å²) >= 11 is 0. The number of fused-ring (bicyclic) bond motifs is 1. The smallest absolute Gasteiger partial charge is 0.195 e. The maximum atomic E-state index is 6.95. The Labute approximate surface area is 212 Å². The van der Waals surface area contributed by atoms with Gasteiger partial charge in [0.15, 0.2) is 40.1 Å². The molecule has 0 aliphatic carbocycles. The quantitative estimate of drug-likeness (QED) is 0.454. The Bertz CT molecular complexity index is 1030. The fourth-order valence-electron chi connectivity index (χ4n) is 3.70. The van der Waals surface area contributed by atoms with Crippen molar-refractivity contribution < 1.29 is 18.3 Å². The number of hydrogen-bond acceptors (Lipinski definition) is 8. The highest BCUT2D eigenvalue weighted by molar-refractivity contribution is 6.74. The van der Waals surface area contributed by atoms with Crippen molar-refractivity contribution in [2.75, 3.05) is 18.9 Å². The van der Waals surface area contributed by atoms with Gasteiger partial charge in [0, 0.05) is 13.0 Å². The molecule has 3 heterocycles. The number of imidazole rings is 1. The van der Waals surface area contributed by atoms with E-state index in [1.54, 1.807) is 6.33 Å². The molecule has 0 unspecified atom stereocenters. The van der Waals surface area contributed by atoms with Crippen molar-refractivity contribution in [3.8, 4) is 0 Å². The van der Waals surface area contributed by atoms with Crippen LogP contribution in [0.1, 0.15) is 61.1 Å². The number of ether oxygens (including phenoxy) is 2. The third-order valence-corrected chi connectivity index (χ3v) is 16.9. The lowest BCUT2D eigenvalue weighted by molar-refractivity contribution is -0.251. The average Bonchev–Trinajstić information content (AvgIpc) is 3.27. The van der Waals surface area contributed by atoms with Crippen LogP contribution >= 0.6 is 0 Å². The number of aromatic nitrogens is 4. The van der Waals surface area contributed by atoms with Gasteiger partial charge in [-0.05, 0) is 43.2 Å². The van der Waals surface area contributed by atoms with Gasteiger partial charge in [-0.25, -0.2) is 15.0 Å². The zero-order valence-electron chi connectivity index (χ0n) is 23.4. The number of nitrogen functional groups attached to an aromatic ring is 1. The molecular weight excluding hydrogens is 478 g/mol. The maximum Gasteiger partial charge on any atom is 0.195 e. The van der Waals surface area contributed by atoms with Crippen molar-refractivity contribution in [2.45, 2.75) is 109 Å². The number of nitrogens with two attached hydrogens (primary N) is 1. The molecule has 35 heavy (non-hydrogen) atoms. The normalized spacial score (nSPS) is 24.4. The molecule has 0 saturated carbocycles. The predicted octanol–water partition coefficient (Wildman–Crippen LogP) is 5.47. The summed E-state index contributed by atoms with van der Waals surface area (Å²) in [5, 5.41) is 0.111. The number of hydrogen-bond donors (Lipinski definition) is 1. The minimum atomic E-state index is -2.14. The van der Waals surface area contributed by atoms with E-state index < -0.39 is 28.6 Å². The van der Waals surface area contributed by atoms with Crippen LogP contribution < -0.4 is 5.73 Å². The summed E-state index contributed by atoms with van der Waals surface area (Å²) in [6.07, 6.45) is 2.95. The topological polar surface area (TPSA) is 107 Å². The maximum absolute atomic E-state index is 6.95. The molecule has 0 amide bonds. The first-order valence-corrected chi connectivity index (χ1v) is 18.3. The highest BCUT2D eigenvalue weighted by Crippen LogP contribution is 2.47. The lowest BCUT2D eigenvalue weighted by Gasteiger charge is -2.40. The highest BCUT2D eigenvalue weighted by Gasteiger charge is 2.54. The van der Waals surface area contributed by atoms with Gasteiger partial charge in [0.1, 0.15) is 11.8 Å². The fourth-order valence-corrected chi connectivity index (χ4v) is 6.02. The molecule has 11 heteroatoms. The van der Waals surface area contributed by atoms with E-state index >= 15 is 0 Å². The molecule has 1 aliphatic rings. The van der Waals surface area contributed by atoms with Crippen molar-refractivity contribution in [2.24, 2.45) is 0 Å². The fraction of sp³-hybridized carbons (Fsp3) is 0.792.